The van der Waals surface area contributed by atoms with Gasteiger partial charge in [0.05, 0.1) is 17.8 Å². The lowest BCUT2D eigenvalue weighted by molar-refractivity contribution is 0.100. The van der Waals surface area contributed by atoms with Crippen LogP contribution in [0.15, 0.2) is 24.7 Å². The normalized spacial score (nSPS) is 21.6. The number of nitrogens with zero attached hydrogens (tertiary/aromatic N) is 4. The molecule has 0 radical (unpaired) electrons. The number of carbonyl (C=O) groups is 1. The predicted molar refractivity (Wildman–Crippen MR) is 104 cm³/mol. The molecule has 2 aromatic rings. The average Bonchev–Trinajstić information content (AvgIpc) is 3.35. The minimum Gasteiger partial charge on any atom is -0.383 e. The van der Waals surface area contributed by atoms with Gasteiger partial charge in [0.15, 0.2) is 0 Å². The van der Waals surface area contributed by atoms with Gasteiger partial charge in [-0.05, 0) is 44.3 Å². The van der Waals surface area contributed by atoms with Crippen LogP contribution in [0.3, 0.4) is 0 Å². The highest BCUT2D eigenvalue weighted by Crippen LogP contribution is 2.27. The number of hydrogen-bond donors (Lipinski definition) is 3. The lowest BCUT2D eigenvalue weighted by Crippen LogP contribution is -2.38. The maximum atomic E-state index is 11.5. The van der Waals surface area contributed by atoms with Crippen molar-refractivity contribution in [1.29, 1.82) is 0 Å². The Labute approximate surface area is 158 Å². The first-order valence-corrected chi connectivity index (χ1v) is 9.63. The first-order chi connectivity index (χ1) is 13.1. The van der Waals surface area contributed by atoms with Gasteiger partial charge in [-0.25, -0.2) is 4.98 Å². The number of pyridine rings is 1. The maximum Gasteiger partial charge on any atom is 0.252 e. The van der Waals surface area contributed by atoms with Crippen LogP contribution in [0.1, 0.15) is 35.7 Å². The van der Waals surface area contributed by atoms with E-state index in [-0.39, 0.29) is 11.4 Å². The smallest absolute Gasteiger partial charge is 0.252 e. The van der Waals surface area contributed by atoms with E-state index < -0.39 is 5.91 Å². The van der Waals surface area contributed by atoms with Gasteiger partial charge in [-0.15, -0.1) is 0 Å². The molecule has 0 bridgehead atoms. The molecule has 2 aliphatic rings. The number of nitrogen functional groups attached to an aromatic ring is 1. The number of hydrogen-bond acceptors (Lipinski definition) is 6. The number of likely N-dealkylation sites (tertiary alicyclic amines) is 1. The van der Waals surface area contributed by atoms with Crippen molar-refractivity contribution in [3.8, 4) is 11.1 Å². The van der Waals surface area contributed by atoms with Gasteiger partial charge in [0, 0.05) is 43.2 Å². The molecule has 1 unspecified atom stereocenters. The van der Waals surface area contributed by atoms with Gasteiger partial charge >= 0.3 is 0 Å². The largest absolute Gasteiger partial charge is 0.383 e. The van der Waals surface area contributed by atoms with E-state index in [0.717, 1.165) is 56.1 Å². The zero-order valence-corrected chi connectivity index (χ0v) is 15.5. The van der Waals surface area contributed by atoms with Crippen LogP contribution in [0.4, 0.5) is 5.82 Å². The second-order valence-electron chi connectivity index (χ2n) is 7.62. The molecule has 8 nitrogen and oxygen atoms in total. The zero-order chi connectivity index (χ0) is 18.8. The van der Waals surface area contributed by atoms with Crippen LogP contribution in [0.2, 0.25) is 0 Å². The van der Waals surface area contributed by atoms with E-state index in [0.29, 0.717) is 6.04 Å². The van der Waals surface area contributed by atoms with Crippen LogP contribution in [-0.2, 0) is 0 Å². The quantitative estimate of drug-likeness (QED) is 0.720. The fourth-order valence-corrected chi connectivity index (χ4v) is 4.12. The molecule has 4 heterocycles. The molecule has 1 amide bonds. The van der Waals surface area contributed by atoms with Crippen molar-refractivity contribution in [2.45, 2.75) is 25.3 Å². The number of carbonyl (C=O) groups excluding carboxylic acids is 1. The summed E-state index contributed by atoms with van der Waals surface area (Å²) in [5.41, 5.74) is 13.1. The second-order valence-corrected chi connectivity index (χ2v) is 7.62. The third kappa shape index (κ3) is 3.96. The van der Waals surface area contributed by atoms with E-state index in [9.17, 15) is 4.79 Å². The van der Waals surface area contributed by atoms with Gasteiger partial charge < -0.3 is 21.7 Å². The SMILES string of the molecule is NC(=O)c1cc(-c2cnn(C3CCN(CC4CCNC4)CC3)c2)cnc1N. The Morgan fingerprint density at radius 1 is 1.22 bits per heavy atom. The molecular weight excluding hydrogens is 342 g/mol. The summed E-state index contributed by atoms with van der Waals surface area (Å²) in [5.74, 6) is 0.387. The summed E-state index contributed by atoms with van der Waals surface area (Å²) in [5, 5.41) is 8.00. The van der Waals surface area contributed by atoms with Crippen molar-refractivity contribution >= 4 is 11.7 Å². The minimum absolute atomic E-state index is 0.156. The van der Waals surface area contributed by atoms with E-state index in [1.807, 2.05) is 17.1 Å². The van der Waals surface area contributed by atoms with Gasteiger partial charge in [0.1, 0.15) is 5.82 Å². The van der Waals surface area contributed by atoms with E-state index in [1.165, 1.54) is 13.0 Å². The lowest BCUT2D eigenvalue weighted by atomic mass is 10.0. The van der Waals surface area contributed by atoms with Crippen molar-refractivity contribution in [3.05, 3.63) is 30.2 Å². The number of aromatic nitrogens is 3. The predicted octanol–water partition coefficient (Wildman–Crippen LogP) is 0.873. The summed E-state index contributed by atoms with van der Waals surface area (Å²) in [6.07, 6.45) is 9.00. The van der Waals surface area contributed by atoms with Crippen LogP contribution >= 0.6 is 0 Å². The van der Waals surface area contributed by atoms with Crippen LogP contribution in [0.5, 0.6) is 0 Å². The number of primary amides is 1. The summed E-state index contributed by atoms with van der Waals surface area (Å²) < 4.78 is 2.05. The summed E-state index contributed by atoms with van der Waals surface area (Å²) in [7, 11) is 0. The van der Waals surface area contributed by atoms with Crippen molar-refractivity contribution in [2.75, 3.05) is 38.5 Å². The number of nitrogens with one attached hydrogen (secondary N) is 1. The summed E-state index contributed by atoms with van der Waals surface area (Å²) >= 11 is 0. The van der Waals surface area contributed by atoms with E-state index in [4.69, 9.17) is 11.5 Å². The van der Waals surface area contributed by atoms with E-state index >= 15 is 0 Å². The Hall–Kier alpha value is -2.45. The van der Waals surface area contributed by atoms with Crippen molar-refractivity contribution in [1.82, 2.24) is 25.0 Å². The standard InChI is InChI=1S/C19H27N7O/c20-18-17(19(21)27)7-14(9-23-18)15-10-24-26(12-15)16-2-5-25(6-3-16)11-13-1-4-22-8-13/h7,9-10,12-13,16,22H,1-6,8,11H2,(H2,20,23)(H2,21,27). The molecule has 4 rings (SSSR count). The Bertz CT molecular complexity index is 804. The molecule has 5 N–H and O–H groups in total. The Morgan fingerprint density at radius 2 is 2.04 bits per heavy atom. The molecule has 2 saturated heterocycles. The van der Waals surface area contributed by atoms with Crippen LogP contribution < -0.4 is 16.8 Å². The fourth-order valence-electron chi connectivity index (χ4n) is 4.12. The molecule has 0 aromatic carbocycles. The highest BCUT2D eigenvalue weighted by atomic mass is 16.1. The molecule has 8 heteroatoms. The summed E-state index contributed by atoms with van der Waals surface area (Å²) in [4.78, 5) is 18.2. The van der Waals surface area contributed by atoms with Gasteiger partial charge in [-0.1, -0.05) is 0 Å². The number of anilines is 1. The summed E-state index contributed by atoms with van der Waals surface area (Å²) in [6.45, 7) is 5.76. The summed E-state index contributed by atoms with van der Waals surface area (Å²) in [6, 6.07) is 2.10. The second kappa shape index (κ2) is 7.66. The van der Waals surface area contributed by atoms with Crippen LogP contribution in [-0.4, -0.2) is 58.3 Å². The highest BCUT2D eigenvalue weighted by molar-refractivity contribution is 5.98. The molecule has 1 atom stereocenters. The van der Waals surface area contributed by atoms with Crippen LogP contribution in [0, 0.1) is 5.92 Å². The lowest BCUT2D eigenvalue weighted by Gasteiger charge is -2.33. The van der Waals surface area contributed by atoms with Crippen molar-refractivity contribution in [3.63, 3.8) is 0 Å². The van der Waals surface area contributed by atoms with E-state index in [2.05, 4.69) is 20.3 Å². The molecule has 2 aliphatic heterocycles. The van der Waals surface area contributed by atoms with Gasteiger partial charge in [0.25, 0.3) is 5.91 Å². The first kappa shape index (κ1) is 17.9. The van der Waals surface area contributed by atoms with Gasteiger partial charge in [0.2, 0.25) is 0 Å². The minimum atomic E-state index is -0.570. The monoisotopic (exact) mass is 369 g/mol. The van der Waals surface area contributed by atoms with Gasteiger partial charge in [-0.2, -0.15) is 5.10 Å². The number of rotatable bonds is 5. The molecule has 2 fully saturated rings. The number of nitrogens with two attached hydrogens (primary N) is 2. The molecule has 27 heavy (non-hydrogen) atoms. The van der Waals surface area contributed by atoms with Crippen LogP contribution in [0.25, 0.3) is 11.1 Å². The topological polar surface area (TPSA) is 115 Å². The Kier molecular flexibility index (Phi) is 5.09. The number of amides is 1. The van der Waals surface area contributed by atoms with Crippen molar-refractivity contribution in [2.24, 2.45) is 11.7 Å². The number of piperidine rings is 1. The fraction of sp³-hybridized carbons (Fsp3) is 0.526. The van der Waals surface area contributed by atoms with Gasteiger partial charge in [-0.3, -0.25) is 9.48 Å². The molecular formula is C19H27N7O. The third-order valence-electron chi connectivity index (χ3n) is 5.73. The Balaban J connectivity index is 1.40. The van der Waals surface area contributed by atoms with Crippen molar-refractivity contribution < 1.29 is 4.79 Å². The highest BCUT2D eigenvalue weighted by Gasteiger charge is 2.24. The molecule has 0 saturated carbocycles. The molecule has 144 valence electrons. The first-order valence-electron chi connectivity index (χ1n) is 9.63. The average molecular weight is 369 g/mol. The molecule has 0 aliphatic carbocycles. The molecule has 0 spiro atoms. The third-order valence-corrected chi connectivity index (χ3v) is 5.73. The van der Waals surface area contributed by atoms with E-state index in [1.54, 1.807) is 12.3 Å². The maximum absolute atomic E-state index is 11.5. The molecule has 2 aromatic heterocycles. The zero-order valence-electron chi connectivity index (χ0n) is 15.5. The Morgan fingerprint density at radius 3 is 2.74 bits per heavy atom.